The molecular formula is C24H31N3O5. The Kier molecular flexibility index (Phi) is 7.12. The number of rotatable bonds is 8. The van der Waals surface area contributed by atoms with E-state index in [2.05, 4.69) is 15.8 Å². The van der Waals surface area contributed by atoms with Gasteiger partial charge in [-0.25, -0.2) is 0 Å². The molecule has 0 saturated heterocycles. The molecule has 1 atom stereocenters. The van der Waals surface area contributed by atoms with E-state index in [0.29, 0.717) is 29.4 Å². The van der Waals surface area contributed by atoms with Gasteiger partial charge in [0.05, 0.1) is 33.8 Å². The summed E-state index contributed by atoms with van der Waals surface area (Å²) in [6.07, 6.45) is 0.753. The van der Waals surface area contributed by atoms with Gasteiger partial charge in [-0.2, -0.15) is 5.10 Å². The van der Waals surface area contributed by atoms with Gasteiger partial charge in [0.25, 0.3) is 0 Å². The van der Waals surface area contributed by atoms with Gasteiger partial charge in [-0.1, -0.05) is 13.8 Å². The molecule has 0 fully saturated rings. The first kappa shape index (κ1) is 23.2. The molecule has 1 aliphatic rings. The van der Waals surface area contributed by atoms with Crippen LogP contribution in [0.1, 0.15) is 55.3 Å². The molecule has 3 N–H and O–H groups in total. The average Bonchev–Trinajstić information content (AvgIpc) is 3.22. The number of anilines is 1. The number of carbonyl (C=O) groups excluding carboxylic acids is 1. The van der Waals surface area contributed by atoms with Crippen LogP contribution in [0.3, 0.4) is 0 Å². The van der Waals surface area contributed by atoms with Gasteiger partial charge in [-0.3, -0.25) is 4.79 Å². The van der Waals surface area contributed by atoms with E-state index in [9.17, 15) is 9.90 Å². The maximum absolute atomic E-state index is 12.7. The maximum atomic E-state index is 12.7. The molecule has 1 heterocycles. The number of aromatic hydroxyl groups is 1. The molecule has 172 valence electrons. The Morgan fingerprint density at radius 2 is 1.81 bits per heavy atom. The van der Waals surface area contributed by atoms with Crippen LogP contribution in [0, 0.1) is 6.92 Å². The molecule has 2 aromatic carbocycles. The zero-order valence-electron chi connectivity index (χ0n) is 19.4. The van der Waals surface area contributed by atoms with Crippen molar-refractivity contribution in [2.45, 2.75) is 45.6 Å². The fourth-order valence-corrected chi connectivity index (χ4v) is 3.79. The van der Waals surface area contributed by atoms with Crippen LogP contribution in [0.5, 0.6) is 23.0 Å². The Labute approximate surface area is 188 Å². The lowest BCUT2D eigenvalue weighted by molar-refractivity contribution is -0.115. The monoisotopic (exact) mass is 441 g/mol. The minimum absolute atomic E-state index is 0.102. The summed E-state index contributed by atoms with van der Waals surface area (Å²) in [6, 6.07) is 7.17. The Morgan fingerprint density at radius 1 is 1.16 bits per heavy atom. The molecule has 32 heavy (non-hydrogen) atoms. The summed E-state index contributed by atoms with van der Waals surface area (Å²) < 4.78 is 16.2. The number of amides is 1. The van der Waals surface area contributed by atoms with Crippen molar-refractivity contribution in [1.29, 1.82) is 0 Å². The summed E-state index contributed by atoms with van der Waals surface area (Å²) in [5, 5.41) is 17.4. The summed E-state index contributed by atoms with van der Waals surface area (Å²) in [6.45, 7) is 5.85. The van der Waals surface area contributed by atoms with Gasteiger partial charge >= 0.3 is 0 Å². The predicted octanol–water partition coefficient (Wildman–Crippen LogP) is 4.27. The van der Waals surface area contributed by atoms with Gasteiger partial charge in [0.2, 0.25) is 11.7 Å². The van der Waals surface area contributed by atoms with Gasteiger partial charge in [-0.05, 0) is 53.8 Å². The summed E-state index contributed by atoms with van der Waals surface area (Å²) in [5.41, 5.74) is 7.08. The number of benzene rings is 2. The second-order valence-electron chi connectivity index (χ2n) is 8.13. The first-order valence-electron chi connectivity index (χ1n) is 10.5. The molecule has 0 bridgehead atoms. The van der Waals surface area contributed by atoms with Crippen molar-refractivity contribution in [3.8, 4) is 23.0 Å². The molecule has 0 radical (unpaired) electrons. The smallest absolute Gasteiger partial charge is 0.230 e. The van der Waals surface area contributed by atoms with E-state index in [0.717, 1.165) is 22.4 Å². The van der Waals surface area contributed by atoms with Crippen LogP contribution in [0.15, 0.2) is 29.4 Å². The number of methoxy groups -OCH3 is 3. The van der Waals surface area contributed by atoms with Crippen LogP contribution >= 0.6 is 0 Å². The standard InChI is InChI=1S/C24H31N3O5/c1-13(2)17-12-18(14(3)7-20(17)28)25-23(29)11-16-10-19(27-26-16)15-8-21(30-4)24(32-6)22(9-15)31-5/h7-9,12-13,19,27-28H,10-11H2,1-6H3,(H,25,29). The lowest BCUT2D eigenvalue weighted by Gasteiger charge is -2.17. The van der Waals surface area contributed by atoms with E-state index in [1.807, 2.05) is 39.0 Å². The number of hydrogen-bond donors (Lipinski definition) is 3. The number of carbonyl (C=O) groups is 1. The second kappa shape index (κ2) is 9.80. The Hall–Kier alpha value is -3.42. The number of nitrogens with one attached hydrogen (secondary N) is 2. The molecule has 1 aliphatic heterocycles. The lowest BCUT2D eigenvalue weighted by atomic mass is 9.98. The second-order valence-corrected chi connectivity index (χ2v) is 8.13. The van der Waals surface area contributed by atoms with Crippen molar-refractivity contribution in [2.24, 2.45) is 5.10 Å². The quantitative estimate of drug-likeness (QED) is 0.529. The predicted molar refractivity (Wildman–Crippen MR) is 124 cm³/mol. The third-order valence-electron chi connectivity index (χ3n) is 5.54. The fourth-order valence-electron chi connectivity index (χ4n) is 3.79. The molecular weight excluding hydrogens is 410 g/mol. The van der Waals surface area contributed by atoms with Gasteiger partial charge < -0.3 is 30.1 Å². The van der Waals surface area contributed by atoms with Gasteiger partial charge in [0.15, 0.2) is 11.5 Å². The van der Waals surface area contributed by atoms with Crippen molar-refractivity contribution in [2.75, 3.05) is 26.6 Å². The number of phenolic OH excluding ortho intramolecular Hbond substituents is 1. The highest BCUT2D eigenvalue weighted by Gasteiger charge is 2.25. The first-order valence-corrected chi connectivity index (χ1v) is 10.5. The maximum Gasteiger partial charge on any atom is 0.230 e. The molecule has 1 unspecified atom stereocenters. The third-order valence-corrected chi connectivity index (χ3v) is 5.54. The summed E-state index contributed by atoms with van der Waals surface area (Å²) in [7, 11) is 4.71. The Bertz CT molecular complexity index is 1010. The van der Waals surface area contributed by atoms with Gasteiger partial charge in [0.1, 0.15) is 5.75 Å². The minimum atomic E-state index is -0.153. The van der Waals surface area contributed by atoms with E-state index >= 15 is 0 Å². The highest BCUT2D eigenvalue weighted by atomic mass is 16.5. The normalized spacial score (nSPS) is 15.2. The number of hydrazone groups is 1. The van der Waals surface area contributed by atoms with E-state index in [1.165, 1.54) is 0 Å². The van der Waals surface area contributed by atoms with E-state index in [1.54, 1.807) is 27.4 Å². The largest absolute Gasteiger partial charge is 0.508 e. The highest BCUT2D eigenvalue weighted by Crippen LogP contribution is 2.41. The molecule has 8 heteroatoms. The molecule has 1 amide bonds. The van der Waals surface area contributed by atoms with Crippen LogP contribution in [0.2, 0.25) is 0 Å². The SMILES string of the molecule is COc1cc(C2CC(CC(=O)Nc3cc(C(C)C)c(O)cc3C)=NN2)cc(OC)c1OC. The molecule has 0 spiro atoms. The Balaban J connectivity index is 1.68. The van der Waals surface area contributed by atoms with Crippen LogP contribution in [-0.4, -0.2) is 38.1 Å². The zero-order valence-corrected chi connectivity index (χ0v) is 19.4. The highest BCUT2D eigenvalue weighted by molar-refractivity contribution is 6.07. The lowest BCUT2D eigenvalue weighted by Crippen LogP contribution is -2.17. The molecule has 8 nitrogen and oxygen atoms in total. The number of nitrogens with zero attached hydrogens (tertiary/aromatic N) is 1. The first-order chi connectivity index (χ1) is 15.3. The topological polar surface area (TPSA) is 101 Å². The molecule has 2 aromatic rings. The number of hydrogen-bond acceptors (Lipinski definition) is 7. The minimum Gasteiger partial charge on any atom is -0.508 e. The van der Waals surface area contributed by atoms with E-state index in [4.69, 9.17) is 14.2 Å². The third kappa shape index (κ3) is 4.90. The molecule has 0 aliphatic carbocycles. The van der Waals surface area contributed by atoms with Gasteiger partial charge in [-0.15, -0.1) is 0 Å². The summed E-state index contributed by atoms with van der Waals surface area (Å²) >= 11 is 0. The number of ether oxygens (including phenoxy) is 3. The summed E-state index contributed by atoms with van der Waals surface area (Å²) in [5.74, 6) is 1.90. The van der Waals surface area contributed by atoms with Crippen molar-refractivity contribution in [1.82, 2.24) is 5.43 Å². The summed E-state index contributed by atoms with van der Waals surface area (Å²) in [4.78, 5) is 12.7. The molecule has 3 rings (SSSR count). The number of aryl methyl sites for hydroxylation is 1. The number of phenols is 1. The van der Waals surface area contributed by atoms with Crippen LogP contribution in [0.4, 0.5) is 5.69 Å². The van der Waals surface area contributed by atoms with Crippen molar-refractivity contribution in [3.63, 3.8) is 0 Å². The van der Waals surface area contributed by atoms with Crippen molar-refractivity contribution in [3.05, 3.63) is 41.0 Å². The van der Waals surface area contributed by atoms with Gasteiger partial charge in [0, 0.05) is 17.8 Å². The van der Waals surface area contributed by atoms with E-state index in [-0.39, 0.29) is 30.0 Å². The van der Waals surface area contributed by atoms with Crippen LogP contribution in [-0.2, 0) is 4.79 Å². The Morgan fingerprint density at radius 3 is 2.38 bits per heavy atom. The van der Waals surface area contributed by atoms with Crippen molar-refractivity contribution >= 4 is 17.3 Å². The average molecular weight is 442 g/mol. The zero-order chi connectivity index (χ0) is 23.4. The van der Waals surface area contributed by atoms with Crippen LogP contribution < -0.4 is 25.0 Å². The molecule has 0 saturated carbocycles. The van der Waals surface area contributed by atoms with Crippen LogP contribution in [0.25, 0.3) is 0 Å². The molecule has 0 aromatic heterocycles. The van der Waals surface area contributed by atoms with E-state index < -0.39 is 0 Å². The fraction of sp³-hybridized carbons (Fsp3) is 0.417. The van der Waals surface area contributed by atoms with Crippen molar-refractivity contribution < 1.29 is 24.1 Å².